The molecule has 1 aliphatic heterocycles. The monoisotopic (exact) mass is 693 g/mol. The van der Waals surface area contributed by atoms with E-state index in [1.54, 1.807) is 30.3 Å². The van der Waals surface area contributed by atoms with E-state index in [4.69, 9.17) is 5.11 Å². The molecule has 0 spiro atoms. The molecule has 0 bridgehead atoms. The second-order valence-corrected chi connectivity index (χ2v) is 13.7. The van der Waals surface area contributed by atoms with Crippen molar-refractivity contribution in [3.63, 3.8) is 0 Å². The maximum absolute atomic E-state index is 15.0. The summed E-state index contributed by atoms with van der Waals surface area (Å²) in [5.74, 6) is -5.96. The van der Waals surface area contributed by atoms with Gasteiger partial charge in [-0.25, -0.2) is 0 Å². The highest BCUT2D eigenvalue weighted by atomic mass is 79.9. The van der Waals surface area contributed by atoms with Gasteiger partial charge in [-0.05, 0) is 60.6 Å². The maximum atomic E-state index is 15.0. The molecular formula is C38H32BrNO7. The second-order valence-electron chi connectivity index (χ2n) is 12.8. The number of phenols is 1. The first kappa shape index (κ1) is 31.0. The van der Waals surface area contributed by atoms with Crippen molar-refractivity contribution in [2.24, 2.45) is 23.7 Å². The number of allylic oxidation sites excluding steroid dienone is 4. The third kappa shape index (κ3) is 4.82. The number of ketones is 2. The summed E-state index contributed by atoms with van der Waals surface area (Å²) in [4.78, 5) is 69.9. The number of aliphatic carboxylic acids is 1. The lowest BCUT2D eigenvalue weighted by atomic mass is 9.44. The van der Waals surface area contributed by atoms with Gasteiger partial charge in [0, 0.05) is 40.4 Å². The van der Waals surface area contributed by atoms with Crippen LogP contribution in [0.3, 0.4) is 0 Å². The number of carbonyl (C=O) groups is 5. The lowest BCUT2D eigenvalue weighted by Crippen LogP contribution is -2.58. The van der Waals surface area contributed by atoms with Gasteiger partial charge in [0.1, 0.15) is 5.75 Å². The first-order chi connectivity index (χ1) is 22.6. The summed E-state index contributed by atoms with van der Waals surface area (Å²) < 4.78 is 0.674. The number of fused-ring (bicyclic) bond motifs is 4. The molecule has 6 atom stereocenters. The number of carboxylic acid groups (broad SMARTS) is 1. The van der Waals surface area contributed by atoms with Crippen LogP contribution in [0.15, 0.2) is 101 Å². The van der Waals surface area contributed by atoms with Crippen molar-refractivity contribution in [1.82, 2.24) is 4.90 Å². The summed E-state index contributed by atoms with van der Waals surface area (Å²) in [6.45, 7) is 0.00452. The number of benzene rings is 3. The molecule has 3 aromatic rings. The van der Waals surface area contributed by atoms with E-state index in [-0.39, 0.29) is 61.4 Å². The number of nitrogens with zero attached hydrogens (tertiary/aromatic N) is 1. The van der Waals surface area contributed by atoms with Gasteiger partial charge in [0.25, 0.3) is 0 Å². The number of imide groups is 1. The van der Waals surface area contributed by atoms with Gasteiger partial charge in [-0.3, -0.25) is 28.9 Å². The van der Waals surface area contributed by atoms with Crippen LogP contribution in [0.4, 0.5) is 0 Å². The number of hydrogen-bond acceptors (Lipinski definition) is 6. The van der Waals surface area contributed by atoms with E-state index < -0.39 is 41.0 Å². The predicted molar refractivity (Wildman–Crippen MR) is 176 cm³/mol. The standard InChI is InChI=1S/C38H32BrNO7/c39-23-13-16-30(41)28(18-23)34-24-14-15-25-33(37(47)40(36(25)46)17-7-12-32(43)44)27(24)19-29-35(45)26(21-8-3-1-4-9-21)20-31(42)38(29,34)22-10-5-2-6-11-22/h1-6,8-11,13-14,16,18,20,25,27,29,33-34,41H,7,12,15,17,19H2,(H,43,44)/t25-,27+,29-,33-,34+,38-/m0/s1. The molecule has 47 heavy (non-hydrogen) atoms. The smallest absolute Gasteiger partial charge is 0.303 e. The van der Waals surface area contributed by atoms with Gasteiger partial charge >= 0.3 is 5.97 Å². The van der Waals surface area contributed by atoms with Gasteiger partial charge in [0.2, 0.25) is 11.8 Å². The van der Waals surface area contributed by atoms with Crippen molar-refractivity contribution in [3.8, 4) is 5.75 Å². The van der Waals surface area contributed by atoms with E-state index in [2.05, 4.69) is 15.9 Å². The van der Waals surface area contributed by atoms with E-state index in [9.17, 15) is 29.1 Å². The van der Waals surface area contributed by atoms with Gasteiger partial charge in [0.05, 0.1) is 17.3 Å². The summed E-state index contributed by atoms with van der Waals surface area (Å²) in [5, 5.41) is 20.6. The molecule has 4 aliphatic rings. The Hall–Kier alpha value is -4.63. The summed E-state index contributed by atoms with van der Waals surface area (Å²) in [6.07, 6.45) is 3.77. The largest absolute Gasteiger partial charge is 0.508 e. The molecule has 0 radical (unpaired) electrons. The zero-order valence-corrected chi connectivity index (χ0v) is 26.9. The highest BCUT2D eigenvalue weighted by Crippen LogP contribution is 2.64. The van der Waals surface area contributed by atoms with Crippen LogP contribution in [0.1, 0.15) is 48.3 Å². The average molecular weight is 695 g/mol. The summed E-state index contributed by atoms with van der Waals surface area (Å²) in [5.41, 5.74) is 1.34. The number of halogens is 1. The first-order valence-electron chi connectivity index (χ1n) is 15.8. The van der Waals surface area contributed by atoms with Crippen LogP contribution in [-0.2, 0) is 29.4 Å². The van der Waals surface area contributed by atoms with Crippen molar-refractivity contribution in [2.45, 2.75) is 37.0 Å². The van der Waals surface area contributed by atoms with Crippen molar-refractivity contribution in [3.05, 3.63) is 118 Å². The van der Waals surface area contributed by atoms with Crippen molar-refractivity contribution in [1.29, 1.82) is 0 Å². The Bertz CT molecular complexity index is 1880. The number of aromatic hydroxyl groups is 1. The van der Waals surface area contributed by atoms with Crippen LogP contribution in [0.25, 0.3) is 5.57 Å². The minimum absolute atomic E-state index is 0.00452. The molecule has 1 heterocycles. The van der Waals surface area contributed by atoms with E-state index >= 15 is 0 Å². The molecule has 9 heteroatoms. The molecule has 3 aromatic carbocycles. The van der Waals surface area contributed by atoms with Crippen LogP contribution in [-0.4, -0.2) is 51.0 Å². The number of phenolic OH excluding ortho intramolecular Hbond substituents is 1. The predicted octanol–water partition coefficient (Wildman–Crippen LogP) is 5.84. The number of likely N-dealkylation sites (tertiary alicyclic amines) is 1. The van der Waals surface area contributed by atoms with E-state index in [0.717, 1.165) is 5.57 Å². The molecule has 3 aliphatic carbocycles. The summed E-state index contributed by atoms with van der Waals surface area (Å²) >= 11 is 3.54. The van der Waals surface area contributed by atoms with Crippen LogP contribution < -0.4 is 0 Å². The molecular weight excluding hydrogens is 662 g/mol. The number of rotatable bonds is 7. The SMILES string of the molecule is O=C(O)CCCN1C(=O)[C@H]2[C@H](CC=C3[C@H]2C[C@H]2C(=O)C(c4ccccc4)=CC(=O)[C@@]2(c2ccccc2)[C@H]3c2cc(Br)ccc2O)C1=O. The minimum Gasteiger partial charge on any atom is -0.508 e. The van der Waals surface area contributed by atoms with Crippen LogP contribution in [0, 0.1) is 23.7 Å². The maximum Gasteiger partial charge on any atom is 0.303 e. The molecule has 7 rings (SSSR count). The average Bonchev–Trinajstić information content (AvgIpc) is 3.32. The Morgan fingerprint density at radius 3 is 2.32 bits per heavy atom. The van der Waals surface area contributed by atoms with Crippen molar-refractivity contribution in [2.75, 3.05) is 6.54 Å². The Morgan fingerprint density at radius 2 is 1.62 bits per heavy atom. The van der Waals surface area contributed by atoms with Gasteiger partial charge in [-0.1, -0.05) is 88.2 Å². The molecule has 0 unspecified atom stereocenters. The fourth-order valence-electron chi connectivity index (χ4n) is 8.65. The van der Waals surface area contributed by atoms with Gasteiger partial charge in [0.15, 0.2) is 11.6 Å². The third-order valence-corrected chi connectivity index (χ3v) is 11.0. The van der Waals surface area contributed by atoms with Gasteiger partial charge < -0.3 is 10.2 Å². The van der Waals surface area contributed by atoms with Crippen LogP contribution in [0.2, 0.25) is 0 Å². The molecule has 238 valence electrons. The number of carbonyl (C=O) groups excluding carboxylic acids is 4. The zero-order chi connectivity index (χ0) is 33.0. The summed E-state index contributed by atoms with van der Waals surface area (Å²) in [7, 11) is 0. The lowest BCUT2D eigenvalue weighted by molar-refractivity contribution is -0.142. The number of carboxylic acids is 1. The highest BCUT2D eigenvalue weighted by molar-refractivity contribution is 9.10. The second kappa shape index (κ2) is 11.9. The fraction of sp³-hybridized carbons (Fsp3) is 0.289. The van der Waals surface area contributed by atoms with Gasteiger partial charge in [-0.2, -0.15) is 0 Å². The molecule has 2 fully saturated rings. The van der Waals surface area contributed by atoms with Crippen molar-refractivity contribution >= 4 is 50.9 Å². The Balaban J connectivity index is 1.45. The molecule has 1 saturated heterocycles. The first-order valence-corrected chi connectivity index (χ1v) is 16.6. The topological polar surface area (TPSA) is 129 Å². The molecule has 8 nitrogen and oxygen atoms in total. The van der Waals surface area contributed by atoms with E-state index in [1.807, 2.05) is 54.6 Å². The van der Waals surface area contributed by atoms with Crippen molar-refractivity contribution < 1.29 is 34.2 Å². The molecule has 0 aromatic heterocycles. The fourth-order valence-corrected chi connectivity index (χ4v) is 9.03. The van der Waals surface area contributed by atoms with Gasteiger partial charge in [-0.15, -0.1) is 0 Å². The Kier molecular flexibility index (Phi) is 7.83. The minimum atomic E-state index is -1.43. The number of hydrogen-bond donors (Lipinski definition) is 2. The number of amides is 2. The Labute approximate surface area is 279 Å². The molecule has 2 amide bonds. The van der Waals surface area contributed by atoms with Crippen LogP contribution in [0.5, 0.6) is 5.75 Å². The van der Waals surface area contributed by atoms with E-state index in [1.165, 1.54) is 11.0 Å². The van der Waals surface area contributed by atoms with Crippen LogP contribution >= 0.6 is 15.9 Å². The summed E-state index contributed by atoms with van der Waals surface area (Å²) in [6, 6.07) is 23.3. The third-order valence-electron chi connectivity index (χ3n) is 10.5. The quantitative estimate of drug-likeness (QED) is 0.235. The van der Waals surface area contributed by atoms with E-state index in [0.29, 0.717) is 26.7 Å². The highest BCUT2D eigenvalue weighted by Gasteiger charge is 2.66. The molecule has 1 saturated carbocycles. The normalized spacial score (nSPS) is 28.3. The zero-order valence-electron chi connectivity index (χ0n) is 25.3. The lowest BCUT2D eigenvalue weighted by Gasteiger charge is -2.55. The number of Topliss-reactive ketones (excluding diaryl/α,β-unsaturated/α-hetero) is 1. The molecule has 2 N–H and O–H groups in total. The Morgan fingerprint density at radius 1 is 0.915 bits per heavy atom.